The highest BCUT2D eigenvalue weighted by atomic mass is 35.5. The minimum atomic E-state index is -0.396. The lowest BCUT2D eigenvalue weighted by Gasteiger charge is -2.36. The molecule has 0 heterocycles. The molecule has 0 aromatic heterocycles. The van der Waals surface area contributed by atoms with Crippen LogP contribution in [0.5, 0.6) is 0 Å². The van der Waals surface area contributed by atoms with E-state index in [1.165, 1.54) is 0 Å². The lowest BCUT2D eigenvalue weighted by Crippen LogP contribution is -2.45. The van der Waals surface area contributed by atoms with Crippen molar-refractivity contribution in [1.82, 2.24) is 4.90 Å². The standard InChI is InChI=1S/C21H33Cl2NO/c1-6-8-10-17(11-9-7-2)24(20(25)21(3,4)5)15-16-12-13-18(22)19(23)14-16/h12-14,17H,6-11,15H2,1-5H3. The normalized spacial score (nSPS) is 11.8. The first-order valence-corrected chi connectivity index (χ1v) is 10.2. The minimum absolute atomic E-state index is 0.204. The number of amides is 1. The fourth-order valence-corrected chi connectivity index (χ4v) is 3.29. The first-order chi connectivity index (χ1) is 11.7. The van der Waals surface area contributed by atoms with E-state index in [4.69, 9.17) is 23.2 Å². The molecule has 0 N–H and O–H groups in total. The Morgan fingerprint density at radius 1 is 1.04 bits per heavy atom. The zero-order valence-corrected chi connectivity index (χ0v) is 17.9. The van der Waals surface area contributed by atoms with Gasteiger partial charge >= 0.3 is 0 Å². The molecular weight excluding hydrogens is 353 g/mol. The van der Waals surface area contributed by atoms with Crippen LogP contribution in [0.1, 0.15) is 78.7 Å². The minimum Gasteiger partial charge on any atom is -0.335 e. The van der Waals surface area contributed by atoms with Crippen molar-refractivity contribution in [3.8, 4) is 0 Å². The van der Waals surface area contributed by atoms with Crippen LogP contribution in [0, 0.1) is 5.41 Å². The molecule has 1 amide bonds. The predicted molar refractivity (Wildman–Crippen MR) is 109 cm³/mol. The first kappa shape index (κ1) is 22.3. The highest BCUT2D eigenvalue weighted by molar-refractivity contribution is 6.42. The van der Waals surface area contributed by atoms with E-state index in [1.807, 2.05) is 39.0 Å². The zero-order chi connectivity index (χ0) is 19.0. The number of rotatable bonds is 9. The molecule has 0 spiro atoms. The van der Waals surface area contributed by atoms with Crippen LogP contribution in [-0.4, -0.2) is 16.8 Å². The fourth-order valence-electron chi connectivity index (χ4n) is 2.97. The van der Waals surface area contributed by atoms with E-state index in [0.29, 0.717) is 16.6 Å². The maximum Gasteiger partial charge on any atom is 0.228 e. The lowest BCUT2D eigenvalue weighted by molar-refractivity contribution is -0.143. The summed E-state index contributed by atoms with van der Waals surface area (Å²) in [6.07, 6.45) is 6.69. The Kier molecular flexibility index (Phi) is 9.30. The van der Waals surface area contributed by atoms with Gasteiger partial charge in [0.15, 0.2) is 0 Å². The van der Waals surface area contributed by atoms with Gasteiger partial charge in [0, 0.05) is 18.0 Å². The molecule has 0 unspecified atom stereocenters. The van der Waals surface area contributed by atoms with Gasteiger partial charge < -0.3 is 4.90 Å². The van der Waals surface area contributed by atoms with Crippen LogP contribution in [0.15, 0.2) is 18.2 Å². The van der Waals surface area contributed by atoms with Gasteiger partial charge in [0.2, 0.25) is 5.91 Å². The smallest absolute Gasteiger partial charge is 0.228 e. The van der Waals surface area contributed by atoms with Gasteiger partial charge in [-0.2, -0.15) is 0 Å². The number of hydrogen-bond acceptors (Lipinski definition) is 1. The maximum absolute atomic E-state index is 13.2. The van der Waals surface area contributed by atoms with Crippen LogP contribution >= 0.6 is 23.2 Å². The SMILES string of the molecule is CCCCC(CCCC)N(Cc1ccc(Cl)c(Cl)c1)C(=O)C(C)(C)C. The Labute approximate surface area is 163 Å². The number of halogens is 2. The van der Waals surface area contributed by atoms with E-state index >= 15 is 0 Å². The summed E-state index contributed by atoms with van der Waals surface area (Å²) in [5.74, 6) is 0.204. The molecule has 0 aliphatic carbocycles. The van der Waals surface area contributed by atoms with Gasteiger partial charge in [-0.05, 0) is 30.5 Å². The first-order valence-electron chi connectivity index (χ1n) is 9.45. The lowest BCUT2D eigenvalue weighted by atomic mass is 9.91. The van der Waals surface area contributed by atoms with Crippen LogP contribution in [0.3, 0.4) is 0 Å². The fraction of sp³-hybridized carbons (Fsp3) is 0.667. The molecule has 0 saturated heterocycles. The molecular formula is C21H33Cl2NO. The van der Waals surface area contributed by atoms with Gasteiger partial charge in [-0.3, -0.25) is 4.79 Å². The van der Waals surface area contributed by atoms with Gasteiger partial charge in [0.1, 0.15) is 0 Å². The van der Waals surface area contributed by atoms with Crippen LogP contribution in [0.4, 0.5) is 0 Å². The van der Waals surface area contributed by atoms with Gasteiger partial charge in [0.05, 0.1) is 10.0 Å². The van der Waals surface area contributed by atoms with Crippen LogP contribution in [0.2, 0.25) is 10.0 Å². The van der Waals surface area contributed by atoms with Crippen molar-refractivity contribution in [2.45, 2.75) is 85.7 Å². The van der Waals surface area contributed by atoms with Crippen LogP contribution in [-0.2, 0) is 11.3 Å². The third-order valence-electron chi connectivity index (χ3n) is 4.46. The third-order valence-corrected chi connectivity index (χ3v) is 5.20. The van der Waals surface area contributed by atoms with E-state index in [0.717, 1.165) is 44.1 Å². The molecule has 0 atom stereocenters. The molecule has 0 radical (unpaired) electrons. The van der Waals surface area contributed by atoms with E-state index in [-0.39, 0.29) is 11.9 Å². The Balaban J connectivity index is 3.11. The summed E-state index contributed by atoms with van der Waals surface area (Å²) >= 11 is 12.2. The van der Waals surface area contributed by atoms with Gasteiger partial charge in [0.25, 0.3) is 0 Å². The number of hydrogen-bond donors (Lipinski definition) is 0. The molecule has 0 bridgehead atoms. The van der Waals surface area contributed by atoms with Crippen molar-refractivity contribution in [2.24, 2.45) is 5.41 Å². The third kappa shape index (κ3) is 7.19. The van der Waals surface area contributed by atoms with Gasteiger partial charge in [-0.25, -0.2) is 0 Å². The van der Waals surface area contributed by atoms with Crippen molar-refractivity contribution >= 4 is 29.1 Å². The molecule has 0 aliphatic heterocycles. The molecule has 4 heteroatoms. The van der Waals surface area contributed by atoms with E-state index in [2.05, 4.69) is 18.7 Å². The number of unbranched alkanes of at least 4 members (excludes halogenated alkanes) is 2. The Morgan fingerprint density at radius 2 is 1.60 bits per heavy atom. The molecule has 1 rings (SSSR count). The summed E-state index contributed by atoms with van der Waals surface area (Å²) in [6, 6.07) is 5.93. The van der Waals surface area contributed by atoms with Crippen LogP contribution in [0.25, 0.3) is 0 Å². The molecule has 0 aliphatic rings. The quantitative estimate of drug-likeness (QED) is 0.442. The monoisotopic (exact) mass is 385 g/mol. The van der Waals surface area contributed by atoms with Crippen molar-refractivity contribution in [3.63, 3.8) is 0 Å². The Morgan fingerprint density at radius 3 is 2.04 bits per heavy atom. The molecule has 1 aromatic rings. The molecule has 0 fully saturated rings. The number of carbonyl (C=O) groups excluding carboxylic acids is 1. The second-order valence-electron chi connectivity index (χ2n) is 7.87. The van der Waals surface area contributed by atoms with Crippen molar-refractivity contribution in [1.29, 1.82) is 0 Å². The Bertz CT molecular complexity index is 543. The van der Waals surface area contributed by atoms with Crippen molar-refractivity contribution in [2.75, 3.05) is 0 Å². The summed E-state index contributed by atoms with van der Waals surface area (Å²) in [5, 5.41) is 1.09. The highest BCUT2D eigenvalue weighted by Gasteiger charge is 2.31. The molecule has 142 valence electrons. The Hall–Kier alpha value is -0.730. The van der Waals surface area contributed by atoms with Crippen LogP contribution < -0.4 is 0 Å². The second-order valence-corrected chi connectivity index (χ2v) is 8.68. The second kappa shape index (κ2) is 10.4. The summed E-state index contributed by atoms with van der Waals surface area (Å²) in [6.45, 7) is 11.0. The average Bonchev–Trinajstić information content (AvgIpc) is 2.55. The molecule has 0 saturated carbocycles. The van der Waals surface area contributed by atoms with Crippen molar-refractivity contribution in [3.05, 3.63) is 33.8 Å². The number of benzene rings is 1. The average molecular weight is 386 g/mol. The van der Waals surface area contributed by atoms with E-state index in [1.54, 1.807) is 0 Å². The number of carbonyl (C=O) groups is 1. The van der Waals surface area contributed by atoms with Gasteiger partial charge in [-0.1, -0.05) is 89.6 Å². The maximum atomic E-state index is 13.2. The topological polar surface area (TPSA) is 20.3 Å². The van der Waals surface area contributed by atoms with E-state index < -0.39 is 5.41 Å². The molecule has 2 nitrogen and oxygen atoms in total. The van der Waals surface area contributed by atoms with Crippen molar-refractivity contribution < 1.29 is 4.79 Å². The van der Waals surface area contributed by atoms with E-state index in [9.17, 15) is 4.79 Å². The number of nitrogens with zero attached hydrogens (tertiary/aromatic N) is 1. The van der Waals surface area contributed by atoms with Gasteiger partial charge in [-0.15, -0.1) is 0 Å². The summed E-state index contributed by atoms with van der Waals surface area (Å²) < 4.78 is 0. The summed E-state index contributed by atoms with van der Waals surface area (Å²) in [4.78, 5) is 15.2. The molecule has 25 heavy (non-hydrogen) atoms. The summed E-state index contributed by atoms with van der Waals surface area (Å²) in [7, 11) is 0. The predicted octanol–water partition coefficient (Wildman–Crippen LogP) is 7.12. The molecule has 1 aromatic carbocycles. The largest absolute Gasteiger partial charge is 0.335 e. The zero-order valence-electron chi connectivity index (χ0n) is 16.4. The summed E-state index contributed by atoms with van der Waals surface area (Å²) in [5.41, 5.74) is 0.636. The highest BCUT2D eigenvalue weighted by Crippen LogP contribution is 2.28.